The summed E-state index contributed by atoms with van der Waals surface area (Å²) in [6.45, 7) is 7.19. The normalized spacial score (nSPS) is 14.8. The van der Waals surface area contributed by atoms with Crippen molar-refractivity contribution in [3.63, 3.8) is 0 Å². The number of hydrogen-bond donors (Lipinski definition) is 0. The van der Waals surface area contributed by atoms with E-state index in [0.717, 1.165) is 5.56 Å². The maximum atomic E-state index is 12.4. The average Bonchev–Trinajstić information content (AvgIpc) is 2.18. The molecule has 1 aromatic rings. The number of hydrogen-bond acceptors (Lipinski definition) is 2. The summed E-state index contributed by atoms with van der Waals surface area (Å²) in [5.74, 6) is 0. The van der Waals surface area contributed by atoms with Gasteiger partial charge in [-0.25, -0.2) is 8.42 Å². The molecular weight excluding hydrogens is 220 g/mol. The number of sulfone groups is 1. The summed E-state index contributed by atoms with van der Waals surface area (Å²) >= 11 is 0. The van der Waals surface area contributed by atoms with Crippen molar-refractivity contribution in [3.8, 4) is 0 Å². The van der Waals surface area contributed by atoms with Gasteiger partial charge >= 0.3 is 0 Å². The predicted octanol–water partition coefficient (Wildman–Crippen LogP) is 3.35. The molecule has 0 aliphatic rings. The van der Waals surface area contributed by atoms with Crippen LogP contribution in [0.25, 0.3) is 0 Å². The van der Waals surface area contributed by atoms with Gasteiger partial charge in [-0.15, -0.1) is 0 Å². The second-order valence-corrected chi connectivity index (χ2v) is 7.85. The van der Waals surface area contributed by atoms with E-state index in [1.165, 1.54) is 0 Å². The van der Waals surface area contributed by atoms with E-state index in [9.17, 15) is 8.42 Å². The van der Waals surface area contributed by atoms with E-state index in [2.05, 4.69) is 0 Å². The first-order valence-electron chi connectivity index (χ1n) is 5.59. The number of benzene rings is 1. The molecule has 1 rings (SSSR count). The Morgan fingerprint density at radius 2 is 1.62 bits per heavy atom. The van der Waals surface area contributed by atoms with E-state index in [1.807, 2.05) is 37.3 Å². The van der Waals surface area contributed by atoms with E-state index in [4.69, 9.17) is 0 Å². The van der Waals surface area contributed by atoms with Crippen LogP contribution in [0.1, 0.15) is 44.9 Å². The quantitative estimate of drug-likeness (QED) is 0.812. The minimum Gasteiger partial charge on any atom is -0.228 e. The van der Waals surface area contributed by atoms with E-state index in [-0.39, 0.29) is 0 Å². The largest absolute Gasteiger partial charge is 0.228 e. The van der Waals surface area contributed by atoms with Crippen LogP contribution in [0.3, 0.4) is 0 Å². The summed E-state index contributed by atoms with van der Waals surface area (Å²) in [5, 5.41) is -0.395. The summed E-state index contributed by atoms with van der Waals surface area (Å²) in [5.41, 5.74) is 0.889. The molecular formula is C13H20O2S. The monoisotopic (exact) mass is 240 g/mol. The molecule has 0 spiro atoms. The van der Waals surface area contributed by atoms with Gasteiger partial charge in [-0.05, 0) is 32.8 Å². The van der Waals surface area contributed by atoms with Gasteiger partial charge in [0.25, 0.3) is 0 Å². The smallest absolute Gasteiger partial charge is 0.162 e. The van der Waals surface area contributed by atoms with Gasteiger partial charge in [-0.1, -0.05) is 37.3 Å². The fraction of sp³-hybridized carbons (Fsp3) is 0.538. The summed E-state index contributed by atoms with van der Waals surface area (Å²) in [6, 6.07) is 9.45. The Morgan fingerprint density at radius 3 is 2.00 bits per heavy atom. The summed E-state index contributed by atoms with van der Waals surface area (Å²) < 4.78 is 24.1. The molecule has 1 atom stereocenters. The molecule has 2 nitrogen and oxygen atoms in total. The van der Waals surface area contributed by atoms with Gasteiger partial charge in [-0.2, -0.15) is 0 Å². The van der Waals surface area contributed by atoms with Gasteiger partial charge in [0.1, 0.15) is 0 Å². The molecule has 0 saturated carbocycles. The van der Waals surface area contributed by atoms with E-state index < -0.39 is 19.8 Å². The first-order chi connectivity index (χ1) is 7.30. The highest BCUT2D eigenvalue weighted by molar-refractivity contribution is 7.93. The summed E-state index contributed by atoms with van der Waals surface area (Å²) in [6.07, 6.45) is 0.615. The van der Waals surface area contributed by atoms with Crippen LogP contribution in [0.15, 0.2) is 30.3 Å². The lowest BCUT2D eigenvalue weighted by atomic mass is 10.1. The topological polar surface area (TPSA) is 34.1 Å². The molecule has 0 amide bonds. The lowest BCUT2D eigenvalue weighted by molar-refractivity contribution is 0.543. The molecule has 0 unspecified atom stereocenters. The molecule has 0 aliphatic carbocycles. The molecule has 0 saturated heterocycles. The molecule has 0 bridgehead atoms. The highest BCUT2D eigenvalue weighted by Gasteiger charge is 2.36. The molecule has 0 heterocycles. The first kappa shape index (κ1) is 13.2. The molecule has 0 N–H and O–H groups in total. The minimum atomic E-state index is -3.14. The van der Waals surface area contributed by atoms with Crippen molar-refractivity contribution in [2.45, 2.75) is 44.1 Å². The molecule has 0 radical (unpaired) electrons. The zero-order valence-electron chi connectivity index (χ0n) is 10.4. The summed E-state index contributed by atoms with van der Waals surface area (Å²) in [4.78, 5) is 0. The Kier molecular flexibility index (Phi) is 3.79. The Labute approximate surface area is 98.6 Å². The highest BCUT2D eigenvalue weighted by atomic mass is 32.2. The third kappa shape index (κ3) is 2.46. The van der Waals surface area contributed by atoms with Crippen molar-refractivity contribution in [1.29, 1.82) is 0 Å². The van der Waals surface area contributed by atoms with Crippen molar-refractivity contribution in [2.24, 2.45) is 0 Å². The zero-order valence-corrected chi connectivity index (χ0v) is 11.2. The molecule has 3 heteroatoms. The van der Waals surface area contributed by atoms with Gasteiger partial charge in [0, 0.05) is 0 Å². The minimum absolute atomic E-state index is 0.395. The summed E-state index contributed by atoms with van der Waals surface area (Å²) in [7, 11) is -3.14. The Hall–Kier alpha value is -0.830. The van der Waals surface area contributed by atoms with Gasteiger partial charge in [-0.3, -0.25) is 0 Å². The SMILES string of the molecule is CC[C@H](c1ccccc1)S(=O)(=O)C(C)(C)C. The van der Waals surface area contributed by atoms with Gasteiger partial charge in [0.05, 0.1) is 10.00 Å². The van der Waals surface area contributed by atoms with Crippen molar-refractivity contribution in [3.05, 3.63) is 35.9 Å². The van der Waals surface area contributed by atoms with Crippen molar-refractivity contribution >= 4 is 9.84 Å². The Balaban J connectivity index is 3.20. The molecule has 1 aromatic carbocycles. The van der Waals surface area contributed by atoms with E-state index in [0.29, 0.717) is 6.42 Å². The van der Waals surface area contributed by atoms with Crippen LogP contribution in [-0.4, -0.2) is 13.2 Å². The van der Waals surface area contributed by atoms with Crippen LogP contribution in [-0.2, 0) is 9.84 Å². The molecule has 0 aromatic heterocycles. The van der Waals surface area contributed by atoms with Crippen LogP contribution in [0.4, 0.5) is 0 Å². The first-order valence-corrected chi connectivity index (χ1v) is 7.13. The molecule has 0 aliphatic heterocycles. The van der Waals surface area contributed by atoms with Crippen LogP contribution in [0.5, 0.6) is 0 Å². The molecule has 16 heavy (non-hydrogen) atoms. The maximum Gasteiger partial charge on any atom is 0.162 e. The Bertz CT molecular complexity index is 427. The molecule has 90 valence electrons. The molecule has 0 fully saturated rings. The highest BCUT2D eigenvalue weighted by Crippen LogP contribution is 2.33. The zero-order chi connectivity index (χ0) is 12.4. The third-order valence-corrected chi connectivity index (χ3v) is 5.83. The third-order valence-electron chi connectivity index (χ3n) is 2.77. The number of rotatable bonds is 3. The van der Waals surface area contributed by atoms with E-state index >= 15 is 0 Å². The maximum absolute atomic E-state index is 12.4. The van der Waals surface area contributed by atoms with Gasteiger partial charge in [0.15, 0.2) is 9.84 Å². The van der Waals surface area contributed by atoms with Crippen LogP contribution in [0.2, 0.25) is 0 Å². The van der Waals surface area contributed by atoms with Crippen molar-refractivity contribution < 1.29 is 8.42 Å². The lowest BCUT2D eigenvalue weighted by Gasteiger charge is -2.26. The standard InChI is InChI=1S/C13H20O2S/c1-5-12(11-9-7-6-8-10-11)16(14,15)13(2,3)4/h6-10,12H,5H2,1-4H3/t12-/m1/s1. The second kappa shape index (κ2) is 4.58. The van der Waals surface area contributed by atoms with Gasteiger partial charge in [0.2, 0.25) is 0 Å². The second-order valence-electron chi connectivity index (χ2n) is 4.96. The lowest BCUT2D eigenvalue weighted by Crippen LogP contribution is -2.32. The predicted molar refractivity (Wildman–Crippen MR) is 68.1 cm³/mol. The fourth-order valence-corrected chi connectivity index (χ4v) is 3.54. The van der Waals surface area contributed by atoms with Crippen LogP contribution >= 0.6 is 0 Å². The van der Waals surface area contributed by atoms with Crippen molar-refractivity contribution in [2.75, 3.05) is 0 Å². The average molecular weight is 240 g/mol. The van der Waals surface area contributed by atoms with E-state index in [1.54, 1.807) is 20.8 Å². The van der Waals surface area contributed by atoms with Crippen LogP contribution in [0, 0.1) is 0 Å². The Morgan fingerprint density at radius 1 is 1.12 bits per heavy atom. The van der Waals surface area contributed by atoms with Crippen molar-refractivity contribution in [1.82, 2.24) is 0 Å². The fourth-order valence-electron chi connectivity index (χ4n) is 1.73. The van der Waals surface area contributed by atoms with Crippen LogP contribution < -0.4 is 0 Å². The van der Waals surface area contributed by atoms with Gasteiger partial charge < -0.3 is 0 Å².